The van der Waals surface area contributed by atoms with Gasteiger partial charge in [-0.05, 0) is 24.0 Å². The number of hydrogen-bond donors (Lipinski definition) is 2. The van der Waals surface area contributed by atoms with E-state index in [4.69, 9.17) is 0 Å². The summed E-state index contributed by atoms with van der Waals surface area (Å²) >= 11 is 0. The molecule has 0 aromatic heterocycles. The Kier molecular flexibility index (Phi) is 5.17. The van der Waals surface area contributed by atoms with E-state index in [1.165, 1.54) is 0 Å². The van der Waals surface area contributed by atoms with Gasteiger partial charge in [-0.25, -0.2) is 0 Å². The van der Waals surface area contributed by atoms with Crippen LogP contribution in [0.5, 0.6) is 0 Å². The van der Waals surface area contributed by atoms with Crippen molar-refractivity contribution in [2.75, 3.05) is 23.7 Å². The average molecular weight is 219 g/mol. The SMILES string of the molecule is CC(C)CNc1[c]c(NCC(C)C)ccc1. The predicted octanol–water partition coefficient (Wildman–Crippen LogP) is 3.62. The van der Waals surface area contributed by atoms with Crippen LogP contribution in [0.3, 0.4) is 0 Å². The van der Waals surface area contributed by atoms with Gasteiger partial charge in [0.25, 0.3) is 0 Å². The molecule has 2 heteroatoms. The van der Waals surface area contributed by atoms with E-state index in [9.17, 15) is 0 Å². The van der Waals surface area contributed by atoms with Gasteiger partial charge in [-0.1, -0.05) is 33.8 Å². The standard InChI is InChI=1S/C14H23N2/c1-11(2)9-15-13-6-5-7-14(8-13)16-10-12(3)4/h5-7,11-12,15-16H,9-10H2,1-4H3. The molecule has 89 valence electrons. The Morgan fingerprint density at radius 2 is 1.38 bits per heavy atom. The Morgan fingerprint density at radius 3 is 1.75 bits per heavy atom. The molecule has 1 aromatic rings. The average Bonchev–Trinajstić information content (AvgIpc) is 2.24. The molecule has 0 aliphatic carbocycles. The summed E-state index contributed by atoms with van der Waals surface area (Å²) in [6, 6.07) is 9.51. The van der Waals surface area contributed by atoms with Crippen molar-refractivity contribution >= 4 is 11.4 Å². The predicted molar refractivity (Wildman–Crippen MR) is 71.9 cm³/mol. The van der Waals surface area contributed by atoms with Gasteiger partial charge in [0, 0.05) is 30.5 Å². The van der Waals surface area contributed by atoms with E-state index in [1.807, 2.05) is 0 Å². The lowest BCUT2D eigenvalue weighted by molar-refractivity contribution is 0.687. The van der Waals surface area contributed by atoms with E-state index in [2.05, 4.69) is 62.6 Å². The highest BCUT2D eigenvalue weighted by molar-refractivity contribution is 5.55. The highest BCUT2D eigenvalue weighted by Crippen LogP contribution is 2.14. The van der Waals surface area contributed by atoms with Crippen LogP contribution in [0.25, 0.3) is 0 Å². The zero-order chi connectivity index (χ0) is 12.0. The first-order valence-corrected chi connectivity index (χ1v) is 6.08. The minimum Gasteiger partial charge on any atom is -0.384 e. The molecule has 2 N–H and O–H groups in total. The zero-order valence-corrected chi connectivity index (χ0v) is 10.8. The van der Waals surface area contributed by atoms with Crippen molar-refractivity contribution in [3.63, 3.8) is 0 Å². The van der Waals surface area contributed by atoms with Crippen LogP contribution >= 0.6 is 0 Å². The van der Waals surface area contributed by atoms with Gasteiger partial charge in [-0.3, -0.25) is 0 Å². The van der Waals surface area contributed by atoms with E-state index in [1.54, 1.807) is 0 Å². The maximum absolute atomic E-state index is 3.38. The first-order valence-electron chi connectivity index (χ1n) is 6.08. The third-order valence-corrected chi connectivity index (χ3v) is 2.20. The van der Waals surface area contributed by atoms with Crippen molar-refractivity contribution in [3.8, 4) is 0 Å². The third-order valence-electron chi connectivity index (χ3n) is 2.20. The van der Waals surface area contributed by atoms with Crippen LogP contribution in [0.4, 0.5) is 11.4 Å². The van der Waals surface area contributed by atoms with Crippen LogP contribution in [0.15, 0.2) is 18.2 Å². The second-order valence-electron chi connectivity index (χ2n) is 5.03. The molecule has 0 bridgehead atoms. The summed E-state index contributed by atoms with van der Waals surface area (Å²) in [5.41, 5.74) is 2.14. The summed E-state index contributed by atoms with van der Waals surface area (Å²) < 4.78 is 0. The van der Waals surface area contributed by atoms with Gasteiger partial charge < -0.3 is 10.6 Å². The number of benzene rings is 1. The molecule has 16 heavy (non-hydrogen) atoms. The molecule has 1 radical (unpaired) electrons. The first-order chi connectivity index (χ1) is 7.58. The van der Waals surface area contributed by atoms with Crippen LogP contribution in [-0.4, -0.2) is 13.1 Å². The fraction of sp³-hybridized carbons (Fsp3) is 0.571. The lowest BCUT2D eigenvalue weighted by atomic mass is 10.2. The molecule has 0 saturated carbocycles. The van der Waals surface area contributed by atoms with E-state index in [0.29, 0.717) is 11.8 Å². The summed E-state index contributed by atoms with van der Waals surface area (Å²) in [4.78, 5) is 0. The minimum atomic E-state index is 0.653. The van der Waals surface area contributed by atoms with Crippen molar-refractivity contribution in [2.24, 2.45) is 11.8 Å². The minimum absolute atomic E-state index is 0.653. The molecule has 1 aromatic carbocycles. The molecule has 0 spiro atoms. The van der Waals surface area contributed by atoms with Crippen LogP contribution < -0.4 is 10.6 Å². The van der Waals surface area contributed by atoms with E-state index < -0.39 is 0 Å². The maximum atomic E-state index is 3.38. The molecule has 0 amide bonds. The lowest BCUT2D eigenvalue weighted by Gasteiger charge is -2.12. The molecule has 0 aliphatic rings. The van der Waals surface area contributed by atoms with Crippen molar-refractivity contribution in [2.45, 2.75) is 27.7 Å². The molecule has 0 aliphatic heterocycles. The monoisotopic (exact) mass is 219 g/mol. The topological polar surface area (TPSA) is 24.1 Å². The molecule has 0 saturated heterocycles. The fourth-order valence-electron chi connectivity index (χ4n) is 1.30. The highest BCUT2D eigenvalue weighted by Gasteiger charge is 1.98. The van der Waals surface area contributed by atoms with Gasteiger partial charge in [0.05, 0.1) is 0 Å². The number of nitrogens with one attached hydrogen (secondary N) is 2. The smallest absolute Gasteiger partial charge is 0.0442 e. The summed E-state index contributed by atoms with van der Waals surface area (Å²) in [6.07, 6.45) is 0. The summed E-state index contributed by atoms with van der Waals surface area (Å²) in [5.74, 6) is 1.31. The molecule has 0 heterocycles. The highest BCUT2D eigenvalue weighted by atomic mass is 14.9. The Labute approximate surface area is 99.5 Å². The Morgan fingerprint density at radius 1 is 0.938 bits per heavy atom. The molecule has 2 nitrogen and oxygen atoms in total. The maximum Gasteiger partial charge on any atom is 0.0442 e. The molecule has 0 unspecified atom stereocenters. The second-order valence-corrected chi connectivity index (χ2v) is 5.03. The molecular formula is C14H23N2. The van der Waals surface area contributed by atoms with Crippen molar-refractivity contribution in [1.29, 1.82) is 0 Å². The van der Waals surface area contributed by atoms with Crippen molar-refractivity contribution < 1.29 is 0 Å². The van der Waals surface area contributed by atoms with E-state index in [0.717, 1.165) is 24.5 Å². The first kappa shape index (κ1) is 12.9. The quantitative estimate of drug-likeness (QED) is 0.763. The second kappa shape index (κ2) is 6.41. The summed E-state index contributed by atoms with van der Waals surface area (Å²) in [5, 5.41) is 6.75. The third kappa shape index (κ3) is 5.06. The lowest BCUT2D eigenvalue weighted by Crippen LogP contribution is -2.10. The van der Waals surface area contributed by atoms with Gasteiger partial charge in [0.15, 0.2) is 0 Å². The van der Waals surface area contributed by atoms with Gasteiger partial charge in [-0.2, -0.15) is 0 Å². The van der Waals surface area contributed by atoms with Crippen molar-refractivity contribution in [3.05, 3.63) is 24.3 Å². The summed E-state index contributed by atoms with van der Waals surface area (Å²) in [6.45, 7) is 10.8. The summed E-state index contributed by atoms with van der Waals surface area (Å²) in [7, 11) is 0. The van der Waals surface area contributed by atoms with Crippen LogP contribution in [0.2, 0.25) is 0 Å². The molecule has 0 fully saturated rings. The largest absolute Gasteiger partial charge is 0.384 e. The number of anilines is 2. The van der Waals surface area contributed by atoms with Gasteiger partial charge in [-0.15, -0.1) is 0 Å². The van der Waals surface area contributed by atoms with Crippen LogP contribution in [-0.2, 0) is 0 Å². The van der Waals surface area contributed by atoms with Gasteiger partial charge in [0.2, 0.25) is 0 Å². The number of rotatable bonds is 6. The molecule has 0 atom stereocenters. The zero-order valence-electron chi connectivity index (χ0n) is 10.8. The number of hydrogen-bond acceptors (Lipinski definition) is 2. The Balaban J connectivity index is 2.50. The van der Waals surface area contributed by atoms with Crippen molar-refractivity contribution in [1.82, 2.24) is 0 Å². The van der Waals surface area contributed by atoms with Gasteiger partial charge in [0.1, 0.15) is 0 Å². The van der Waals surface area contributed by atoms with E-state index in [-0.39, 0.29) is 0 Å². The van der Waals surface area contributed by atoms with Crippen LogP contribution in [0.1, 0.15) is 27.7 Å². The normalized spacial score (nSPS) is 10.9. The molecular weight excluding hydrogens is 196 g/mol. The van der Waals surface area contributed by atoms with Gasteiger partial charge >= 0.3 is 0 Å². The Hall–Kier alpha value is -1.18. The van der Waals surface area contributed by atoms with E-state index >= 15 is 0 Å². The van der Waals surface area contributed by atoms with Crippen LogP contribution in [0, 0.1) is 17.9 Å². The fourth-order valence-corrected chi connectivity index (χ4v) is 1.30. The Bertz CT molecular complexity index is 278. The molecule has 1 rings (SSSR count).